The zero-order valence-corrected chi connectivity index (χ0v) is 12.6. The first kappa shape index (κ1) is 13.6. The van der Waals surface area contributed by atoms with E-state index in [9.17, 15) is 0 Å². The van der Waals surface area contributed by atoms with Crippen molar-refractivity contribution in [1.29, 1.82) is 0 Å². The monoisotopic (exact) mass is 272 g/mol. The molecule has 0 spiro atoms. The summed E-state index contributed by atoms with van der Waals surface area (Å²) < 4.78 is 0. The lowest BCUT2D eigenvalue weighted by atomic mass is 9.81. The predicted molar refractivity (Wildman–Crippen MR) is 89.7 cm³/mol. The summed E-state index contributed by atoms with van der Waals surface area (Å²) in [6.45, 7) is 4.40. The van der Waals surface area contributed by atoms with Crippen molar-refractivity contribution in [2.75, 3.05) is 0 Å². The molecule has 0 unspecified atom stereocenters. The topological polar surface area (TPSA) is 0 Å². The van der Waals surface area contributed by atoms with Crippen LogP contribution in [0, 0.1) is 13.8 Å². The summed E-state index contributed by atoms with van der Waals surface area (Å²) in [6.07, 6.45) is 0. The first-order valence-electron chi connectivity index (χ1n) is 7.43. The number of rotatable bonds is 3. The lowest BCUT2D eigenvalue weighted by Crippen LogP contribution is -2.06. The van der Waals surface area contributed by atoms with Crippen molar-refractivity contribution in [3.8, 4) is 0 Å². The molecule has 0 N–H and O–H groups in total. The molecule has 0 aliphatic rings. The number of aryl methyl sites for hydroxylation is 2. The Kier molecular flexibility index (Phi) is 3.87. The van der Waals surface area contributed by atoms with Crippen LogP contribution >= 0.6 is 0 Å². The van der Waals surface area contributed by atoms with Crippen molar-refractivity contribution < 1.29 is 0 Å². The van der Waals surface area contributed by atoms with Crippen molar-refractivity contribution in [2.24, 2.45) is 0 Å². The molecule has 3 aromatic rings. The first-order valence-corrected chi connectivity index (χ1v) is 7.43. The van der Waals surface area contributed by atoms with Gasteiger partial charge in [-0.25, -0.2) is 0 Å². The maximum atomic E-state index is 2.25. The SMILES string of the molecule is Cc1ccccc1C(c1ccccc1)c1ccccc1C. The molecule has 0 bridgehead atoms. The minimum Gasteiger partial charge on any atom is -0.0622 e. The molecule has 104 valence electrons. The van der Waals surface area contributed by atoms with Crippen LogP contribution in [0.25, 0.3) is 0 Å². The fourth-order valence-corrected chi connectivity index (χ4v) is 2.99. The van der Waals surface area contributed by atoms with E-state index in [1.807, 2.05) is 0 Å². The molecule has 0 aliphatic carbocycles. The Morgan fingerprint density at radius 1 is 0.524 bits per heavy atom. The minimum atomic E-state index is 0.300. The third-order valence-electron chi connectivity index (χ3n) is 4.13. The Bertz CT molecular complexity index is 680. The van der Waals surface area contributed by atoms with E-state index >= 15 is 0 Å². The van der Waals surface area contributed by atoms with Crippen molar-refractivity contribution in [3.05, 3.63) is 107 Å². The number of benzene rings is 3. The quantitative estimate of drug-likeness (QED) is 0.553. The number of hydrogen-bond acceptors (Lipinski definition) is 0. The normalized spacial score (nSPS) is 10.8. The second-order valence-electron chi connectivity index (χ2n) is 5.56. The Morgan fingerprint density at radius 2 is 0.952 bits per heavy atom. The minimum absolute atomic E-state index is 0.300. The molecular weight excluding hydrogens is 252 g/mol. The Balaban J connectivity index is 2.22. The van der Waals surface area contributed by atoms with E-state index in [1.54, 1.807) is 0 Å². The summed E-state index contributed by atoms with van der Waals surface area (Å²) in [7, 11) is 0. The molecule has 0 atom stereocenters. The van der Waals surface area contributed by atoms with E-state index in [0.29, 0.717) is 5.92 Å². The van der Waals surface area contributed by atoms with Gasteiger partial charge in [0, 0.05) is 5.92 Å². The molecule has 0 saturated carbocycles. The van der Waals surface area contributed by atoms with Crippen LogP contribution in [0.3, 0.4) is 0 Å². The highest BCUT2D eigenvalue weighted by Crippen LogP contribution is 2.35. The second kappa shape index (κ2) is 5.97. The summed E-state index contributed by atoms with van der Waals surface area (Å²) >= 11 is 0. The lowest BCUT2D eigenvalue weighted by molar-refractivity contribution is 0.949. The molecule has 0 aliphatic heterocycles. The summed E-state index contributed by atoms with van der Waals surface area (Å²) in [6, 6.07) is 28.2. The van der Waals surface area contributed by atoms with E-state index in [2.05, 4.69) is 92.7 Å². The van der Waals surface area contributed by atoms with E-state index in [0.717, 1.165) is 0 Å². The van der Waals surface area contributed by atoms with Gasteiger partial charge in [-0.2, -0.15) is 0 Å². The zero-order valence-electron chi connectivity index (χ0n) is 12.6. The Hall–Kier alpha value is -2.34. The molecule has 0 saturated heterocycles. The maximum Gasteiger partial charge on any atom is 0.0345 e. The van der Waals surface area contributed by atoms with Crippen LogP contribution in [0.2, 0.25) is 0 Å². The van der Waals surface area contributed by atoms with Crippen LogP contribution in [0.15, 0.2) is 78.9 Å². The summed E-state index contributed by atoms with van der Waals surface area (Å²) in [4.78, 5) is 0. The largest absolute Gasteiger partial charge is 0.0622 e. The summed E-state index contributed by atoms with van der Waals surface area (Å²) in [5, 5.41) is 0. The standard InChI is InChI=1S/C21H20/c1-16-10-6-8-14-19(16)21(18-12-4-3-5-13-18)20-15-9-7-11-17(20)2/h3-15,21H,1-2H3. The second-order valence-corrected chi connectivity index (χ2v) is 5.56. The summed E-state index contributed by atoms with van der Waals surface area (Å²) in [5.74, 6) is 0.300. The molecule has 0 nitrogen and oxygen atoms in total. The molecule has 0 aromatic heterocycles. The van der Waals surface area contributed by atoms with Crippen LogP contribution in [-0.2, 0) is 0 Å². The van der Waals surface area contributed by atoms with E-state index in [1.165, 1.54) is 27.8 Å². The lowest BCUT2D eigenvalue weighted by Gasteiger charge is -2.22. The Labute approximate surface area is 127 Å². The van der Waals surface area contributed by atoms with E-state index in [-0.39, 0.29) is 0 Å². The first-order chi connectivity index (χ1) is 10.3. The zero-order chi connectivity index (χ0) is 14.7. The van der Waals surface area contributed by atoms with E-state index in [4.69, 9.17) is 0 Å². The fourth-order valence-electron chi connectivity index (χ4n) is 2.99. The maximum absolute atomic E-state index is 2.25. The van der Waals surface area contributed by atoms with E-state index < -0.39 is 0 Å². The van der Waals surface area contributed by atoms with Gasteiger partial charge in [-0.1, -0.05) is 78.9 Å². The van der Waals surface area contributed by atoms with Gasteiger partial charge < -0.3 is 0 Å². The third-order valence-corrected chi connectivity index (χ3v) is 4.13. The molecule has 3 rings (SSSR count). The average molecular weight is 272 g/mol. The van der Waals surface area contributed by atoms with Gasteiger partial charge in [0.2, 0.25) is 0 Å². The fraction of sp³-hybridized carbons (Fsp3) is 0.143. The van der Waals surface area contributed by atoms with Gasteiger partial charge in [0.15, 0.2) is 0 Å². The van der Waals surface area contributed by atoms with Crippen molar-refractivity contribution >= 4 is 0 Å². The van der Waals surface area contributed by atoms with Gasteiger partial charge in [-0.3, -0.25) is 0 Å². The van der Waals surface area contributed by atoms with Crippen LogP contribution in [0.4, 0.5) is 0 Å². The van der Waals surface area contributed by atoms with Gasteiger partial charge in [0.1, 0.15) is 0 Å². The van der Waals surface area contributed by atoms with Gasteiger partial charge in [0.25, 0.3) is 0 Å². The predicted octanol–water partition coefficient (Wildman–Crippen LogP) is 5.48. The van der Waals surface area contributed by atoms with Crippen LogP contribution < -0.4 is 0 Å². The highest BCUT2D eigenvalue weighted by molar-refractivity contribution is 5.48. The average Bonchev–Trinajstić information content (AvgIpc) is 2.52. The smallest absolute Gasteiger partial charge is 0.0345 e. The summed E-state index contributed by atoms with van der Waals surface area (Å²) in [5.41, 5.74) is 6.81. The molecule has 0 radical (unpaired) electrons. The highest BCUT2D eigenvalue weighted by Gasteiger charge is 2.19. The molecule has 21 heavy (non-hydrogen) atoms. The van der Waals surface area contributed by atoms with Crippen LogP contribution in [0.5, 0.6) is 0 Å². The molecule has 0 amide bonds. The van der Waals surface area contributed by atoms with Crippen molar-refractivity contribution in [3.63, 3.8) is 0 Å². The molecule has 0 heteroatoms. The van der Waals surface area contributed by atoms with Gasteiger partial charge in [0.05, 0.1) is 0 Å². The van der Waals surface area contributed by atoms with Gasteiger partial charge >= 0.3 is 0 Å². The van der Waals surface area contributed by atoms with Crippen LogP contribution in [-0.4, -0.2) is 0 Å². The Morgan fingerprint density at radius 3 is 1.43 bits per heavy atom. The molecule has 3 aromatic carbocycles. The third kappa shape index (κ3) is 2.75. The van der Waals surface area contributed by atoms with Gasteiger partial charge in [-0.15, -0.1) is 0 Å². The van der Waals surface area contributed by atoms with Crippen molar-refractivity contribution in [2.45, 2.75) is 19.8 Å². The van der Waals surface area contributed by atoms with Crippen molar-refractivity contribution in [1.82, 2.24) is 0 Å². The number of hydrogen-bond donors (Lipinski definition) is 0. The molecule has 0 heterocycles. The highest BCUT2D eigenvalue weighted by atomic mass is 14.2. The van der Waals surface area contributed by atoms with Gasteiger partial charge in [-0.05, 0) is 41.7 Å². The van der Waals surface area contributed by atoms with Crippen LogP contribution in [0.1, 0.15) is 33.7 Å². The molecular formula is C21H20. The molecule has 0 fully saturated rings.